The number of carbonyl (C=O) groups is 1. The lowest BCUT2D eigenvalue weighted by Crippen LogP contribution is -2.41. The van der Waals surface area contributed by atoms with Gasteiger partial charge in [0.05, 0.1) is 11.7 Å². The molecule has 1 aliphatic rings. The topological polar surface area (TPSA) is 47.4 Å². The maximum atomic E-state index is 12.1. The molecule has 0 unspecified atom stereocenters. The molecule has 0 bridgehead atoms. The van der Waals surface area contributed by atoms with Gasteiger partial charge in [0.25, 0.3) is 0 Å². The fraction of sp³-hybridized carbons (Fsp3) is 0.529. The van der Waals surface area contributed by atoms with Crippen molar-refractivity contribution in [2.24, 2.45) is 0 Å². The van der Waals surface area contributed by atoms with Gasteiger partial charge in [0.1, 0.15) is 5.60 Å². The monoisotopic (exact) mass is 335 g/mol. The van der Waals surface area contributed by atoms with E-state index in [4.69, 9.17) is 16.5 Å². The molecule has 1 amide bonds. The minimum atomic E-state index is -0.447. The van der Waals surface area contributed by atoms with Crippen LogP contribution in [-0.2, 0) is 4.74 Å². The second kappa shape index (κ2) is 6.04. The van der Waals surface area contributed by atoms with Crippen molar-refractivity contribution in [3.63, 3.8) is 0 Å². The second-order valence-corrected chi connectivity index (χ2v) is 7.38. The number of hydrogen-bond acceptors (Lipinski definition) is 3. The van der Waals surface area contributed by atoms with Crippen LogP contribution in [-0.4, -0.2) is 39.0 Å². The van der Waals surface area contributed by atoms with Gasteiger partial charge in [-0.25, -0.2) is 4.79 Å². The van der Waals surface area contributed by atoms with Crippen molar-refractivity contribution in [2.45, 2.75) is 45.1 Å². The van der Waals surface area contributed by atoms with Crippen molar-refractivity contribution in [3.05, 3.63) is 30.0 Å². The number of piperidine rings is 1. The quantitative estimate of drug-likeness (QED) is 0.786. The zero-order valence-electron chi connectivity index (χ0n) is 13.8. The molecule has 5 nitrogen and oxygen atoms in total. The van der Waals surface area contributed by atoms with Gasteiger partial charge in [-0.15, -0.1) is 0 Å². The Balaban J connectivity index is 1.66. The predicted octanol–water partition coefficient (Wildman–Crippen LogP) is 4.15. The summed E-state index contributed by atoms with van der Waals surface area (Å²) in [7, 11) is 0. The number of likely N-dealkylation sites (tertiary alicyclic amines) is 1. The Bertz CT molecular complexity index is 712. The summed E-state index contributed by atoms with van der Waals surface area (Å²) < 4.78 is 6.82. The Hall–Kier alpha value is -1.75. The van der Waals surface area contributed by atoms with Gasteiger partial charge in [-0.05, 0) is 51.2 Å². The van der Waals surface area contributed by atoms with Crippen molar-refractivity contribution >= 4 is 28.8 Å². The molecule has 1 aliphatic heterocycles. The summed E-state index contributed by atoms with van der Waals surface area (Å²) in [5, 5.41) is 5.10. The number of amides is 1. The molecule has 0 aliphatic carbocycles. The largest absolute Gasteiger partial charge is 0.444 e. The number of benzene rings is 1. The van der Waals surface area contributed by atoms with Crippen molar-refractivity contribution in [3.8, 4) is 0 Å². The lowest BCUT2D eigenvalue weighted by Gasteiger charge is -2.33. The van der Waals surface area contributed by atoms with E-state index in [2.05, 4.69) is 23.3 Å². The molecule has 0 N–H and O–H groups in total. The van der Waals surface area contributed by atoms with Gasteiger partial charge in [0, 0.05) is 30.3 Å². The maximum absolute atomic E-state index is 12.1. The first kappa shape index (κ1) is 16.1. The van der Waals surface area contributed by atoms with E-state index < -0.39 is 5.60 Å². The molecule has 124 valence electrons. The van der Waals surface area contributed by atoms with Crippen LogP contribution >= 0.6 is 11.8 Å². The molecule has 23 heavy (non-hydrogen) atoms. The van der Waals surface area contributed by atoms with Gasteiger partial charge in [-0.3, -0.25) is 0 Å². The molecule has 1 fully saturated rings. The van der Waals surface area contributed by atoms with Gasteiger partial charge in [-0.1, -0.05) is 12.1 Å². The third-order valence-electron chi connectivity index (χ3n) is 4.17. The lowest BCUT2D eigenvalue weighted by molar-refractivity contribution is 0.0205. The molecule has 2 aromatic rings. The summed E-state index contributed by atoms with van der Waals surface area (Å²) in [5.74, 6) is 0.435. The minimum absolute atomic E-state index is 0.217. The molecule has 1 saturated heterocycles. The van der Waals surface area contributed by atoms with Gasteiger partial charge in [-0.2, -0.15) is 9.30 Å². The van der Waals surface area contributed by atoms with Crippen LogP contribution in [0, 0.1) is 0 Å². The van der Waals surface area contributed by atoms with E-state index in [-0.39, 0.29) is 6.09 Å². The first-order chi connectivity index (χ1) is 10.8. The van der Waals surface area contributed by atoms with Crippen LogP contribution in [0.5, 0.6) is 0 Å². The van der Waals surface area contributed by atoms with Crippen LogP contribution in [0.15, 0.2) is 24.4 Å². The van der Waals surface area contributed by atoms with E-state index in [9.17, 15) is 4.79 Å². The Morgan fingerprint density at radius 1 is 1.30 bits per heavy atom. The standard InChI is InChI=1S/C17H22ClN3O2/c1-17(2,3)23-16(22)20-8-6-12(7-9-20)13-4-5-14-11-19-21(18)15(14)10-13/h4-5,10-12H,6-9H2,1-3H3. The molecule has 3 rings (SSSR count). The Kier molecular flexibility index (Phi) is 4.23. The van der Waals surface area contributed by atoms with Crippen molar-refractivity contribution in [2.75, 3.05) is 13.1 Å². The highest BCUT2D eigenvalue weighted by Crippen LogP contribution is 2.30. The molecule has 0 radical (unpaired) electrons. The van der Waals surface area contributed by atoms with E-state index in [1.54, 1.807) is 11.1 Å². The fourth-order valence-electron chi connectivity index (χ4n) is 2.98. The number of nitrogens with zero attached hydrogens (tertiary/aromatic N) is 3. The third kappa shape index (κ3) is 3.61. The van der Waals surface area contributed by atoms with Crippen LogP contribution < -0.4 is 0 Å². The average molecular weight is 336 g/mol. The first-order valence-corrected chi connectivity index (χ1v) is 8.29. The van der Waals surface area contributed by atoms with E-state index in [1.807, 2.05) is 20.8 Å². The predicted molar refractivity (Wildman–Crippen MR) is 90.8 cm³/mol. The number of rotatable bonds is 1. The molecule has 1 aromatic heterocycles. The van der Waals surface area contributed by atoms with Gasteiger partial charge in [0.2, 0.25) is 0 Å². The highest BCUT2D eigenvalue weighted by Gasteiger charge is 2.27. The molecule has 1 aromatic carbocycles. The van der Waals surface area contributed by atoms with E-state index in [0.717, 1.165) is 36.8 Å². The summed E-state index contributed by atoms with van der Waals surface area (Å²) in [5.41, 5.74) is 1.74. The van der Waals surface area contributed by atoms with Gasteiger partial charge in [0.15, 0.2) is 0 Å². The van der Waals surface area contributed by atoms with Crippen LogP contribution in [0.25, 0.3) is 10.9 Å². The van der Waals surface area contributed by atoms with E-state index in [0.29, 0.717) is 5.92 Å². The normalized spacial score (nSPS) is 16.8. The lowest BCUT2D eigenvalue weighted by atomic mass is 9.89. The number of hydrogen-bond donors (Lipinski definition) is 0. The third-order valence-corrected chi connectivity index (χ3v) is 4.44. The smallest absolute Gasteiger partial charge is 0.410 e. The summed E-state index contributed by atoms with van der Waals surface area (Å²) in [4.78, 5) is 13.9. The minimum Gasteiger partial charge on any atom is -0.444 e. The van der Waals surface area contributed by atoms with Gasteiger partial charge < -0.3 is 9.64 Å². The van der Waals surface area contributed by atoms with E-state index >= 15 is 0 Å². The SMILES string of the molecule is CC(C)(C)OC(=O)N1CCC(c2ccc3cnn(Cl)c3c2)CC1. The number of aromatic nitrogens is 2. The Morgan fingerprint density at radius 3 is 2.65 bits per heavy atom. The van der Waals surface area contributed by atoms with Crippen LogP contribution in [0.2, 0.25) is 0 Å². The Labute approximate surface area is 141 Å². The van der Waals surface area contributed by atoms with Crippen molar-refractivity contribution < 1.29 is 9.53 Å². The molecule has 6 heteroatoms. The van der Waals surface area contributed by atoms with Crippen molar-refractivity contribution in [1.82, 2.24) is 14.2 Å². The molecular weight excluding hydrogens is 314 g/mol. The molecule has 0 atom stereocenters. The molecule has 0 spiro atoms. The maximum Gasteiger partial charge on any atom is 0.410 e. The van der Waals surface area contributed by atoms with Crippen LogP contribution in [0.3, 0.4) is 0 Å². The zero-order chi connectivity index (χ0) is 16.6. The molecule has 2 heterocycles. The fourth-order valence-corrected chi connectivity index (χ4v) is 3.17. The number of fused-ring (bicyclic) bond motifs is 1. The highest BCUT2D eigenvalue weighted by atomic mass is 35.5. The zero-order valence-corrected chi connectivity index (χ0v) is 14.5. The average Bonchev–Trinajstić information content (AvgIpc) is 2.87. The van der Waals surface area contributed by atoms with E-state index in [1.165, 1.54) is 9.76 Å². The first-order valence-electron chi connectivity index (χ1n) is 7.95. The van der Waals surface area contributed by atoms with Crippen molar-refractivity contribution in [1.29, 1.82) is 0 Å². The van der Waals surface area contributed by atoms with Crippen LogP contribution in [0.1, 0.15) is 45.1 Å². The molecular formula is C17H22ClN3O2. The summed E-state index contributed by atoms with van der Waals surface area (Å²) in [6, 6.07) is 6.29. The summed E-state index contributed by atoms with van der Waals surface area (Å²) in [6.45, 7) is 7.11. The van der Waals surface area contributed by atoms with Gasteiger partial charge >= 0.3 is 6.09 Å². The Morgan fingerprint density at radius 2 is 2.00 bits per heavy atom. The summed E-state index contributed by atoms with van der Waals surface area (Å²) >= 11 is 6.05. The number of halogens is 1. The number of carbonyl (C=O) groups excluding carboxylic acids is 1. The summed E-state index contributed by atoms with van der Waals surface area (Å²) in [6.07, 6.45) is 3.41. The highest BCUT2D eigenvalue weighted by molar-refractivity contribution is 6.18. The second-order valence-electron chi connectivity index (χ2n) is 7.06. The number of ether oxygens (including phenoxy) is 1. The molecule has 0 saturated carbocycles. The van der Waals surface area contributed by atoms with Crippen LogP contribution in [0.4, 0.5) is 4.79 Å².